The van der Waals surface area contributed by atoms with Gasteiger partial charge in [0, 0.05) is 28.9 Å². The Morgan fingerprint density at radius 1 is 0.931 bits per heavy atom. The highest BCUT2D eigenvalue weighted by molar-refractivity contribution is 9.10. The molecule has 0 unspecified atom stereocenters. The monoisotopic (exact) mass is 445 g/mol. The van der Waals surface area contributed by atoms with Crippen molar-refractivity contribution in [1.29, 1.82) is 0 Å². The van der Waals surface area contributed by atoms with Gasteiger partial charge in [-0.3, -0.25) is 0 Å². The van der Waals surface area contributed by atoms with Gasteiger partial charge in [0.15, 0.2) is 0 Å². The average Bonchev–Trinajstić information content (AvgIpc) is 3.07. The van der Waals surface area contributed by atoms with E-state index in [2.05, 4.69) is 57.4 Å². The molecule has 29 heavy (non-hydrogen) atoms. The molecule has 0 atom stereocenters. The molecule has 3 aromatic rings. The van der Waals surface area contributed by atoms with Gasteiger partial charge in [0.05, 0.1) is 0 Å². The molecule has 3 aromatic carbocycles. The van der Waals surface area contributed by atoms with Crippen LogP contribution >= 0.6 is 15.9 Å². The first-order chi connectivity index (χ1) is 14.2. The highest BCUT2D eigenvalue weighted by atomic mass is 79.9. The smallest absolute Gasteiger partial charge is 0.407 e. The van der Waals surface area contributed by atoms with E-state index in [1.54, 1.807) is 0 Å². The Balaban J connectivity index is 1.30. The van der Waals surface area contributed by atoms with Crippen molar-refractivity contribution in [2.45, 2.75) is 12.3 Å². The third-order valence-electron chi connectivity index (χ3n) is 4.96. The number of ether oxygens (including phenoxy) is 1. The summed E-state index contributed by atoms with van der Waals surface area (Å²) in [6.45, 7) is 0.774. The van der Waals surface area contributed by atoms with Crippen LogP contribution in [0.4, 0.5) is 4.79 Å². The van der Waals surface area contributed by atoms with Gasteiger partial charge in [0.2, 0.25) is 0 Å². The van der Waals surface area contributed by atoms with Crippen molar-refractivity contribution < 1.29 is 9.53 Å². The Labute approximate surface area is 179 Å². The summed E-state index contributed by atoms with van der Waals surface area (Å²) in [5.41, 5.74) is 5.80. The van der Waals surface area contributed by atoms with Crippen LogP contribution in [0.2, 0.25) is 0 Å². The molecule has 1 aliphatic rings. The molecule has 0 saturated carbocycles. The zero-order valence-electron chi connectivity index (χ0n) is 15.8. The van der Waals surface area contributed by atoms with Crippen LogP contribution in [0.25, 0.3) is 11.1 Å². The minimum absolute atomic E-state index is 0.0726. The second-order valence-electron chi connectivity index (χ2n) is 6.78. The van der Waals surface area contributed by atoms with Crippen LogP contribution in [-0.4, -0.2) is 19.2 Å². The van der Waals surface area contributed by atoms with Gasteiger partial charge in [-0.2, -0.15) is 0 Å². The van der Waals surface area contributed by atoms with Gasteiger partial charge in [0.1, 0.15) is 6.61 Å². The van der Waals surface area contributed by atoms with Crippen LogP contribution in [0.3, 0.4) is 0 Å². The molecule has 0 aromatic heterocycles. The summed E-state index contributed by atoms with van der Waals surface area (Å²) in [5.74, 6) is 6.24. The molecule has 0 aliphatic heterocycles. The van der Waals surface area contributed by atoms with E-state index in [1.807, 2.05) is 48.5 Å². The second kappa shape index (κ2) is 8.98. The number of rotatable bonds is 4. The van der Waals surface area contributed by atoms with Crippen LogP contribution in [0.5, 0.6) is 0 Å². The quantitative estimate of drug-likeness (QED) is 0.411. The standard InChI is InChI=1S/C25H20BrNO2/c26-24-15-6-1-9-18(24)10-7-8-16-27-25(28)29-17-23-21-13-4-2-11-19(21)20-12-3-5-14-22(20)23/h1-6,9,11-15,23H,8,16-17H2,(H,27,28). The Morgan fingerprint density at radius 2 is 1.55 bits per heavy atom. The van der Waals surface area contributed by atoms with Crippen LogP contribution < -0.4 is 5.32 Å². The van der Waals surface area contributed by atoms with Crippen molar-refractivity contribution in [3.8, 4) is 23.0 Å². The molecule has 4 rings (SSSR count). The lowest BCUT2D eigenvalue weighted by molar-refractivity contribution is 0.143. The maximum absolute atomic E-state index is 12.1. The Morgan fingerprint density at radius 3 is 2.24 bits per heavy atom. The summed E-state index contributed by atoms with van der Waals surface area (Å²) >= 11 is 3.47. The van der Waals surface area contributed by atoms with E-state index in [-0.39, 0.29) is 5.92 Å². The van der Waals surface area contributed by atoms with Crippen molar-refractivity contribution >= 4 is 22.0 Å². The van der Waals surface area contributed by atoms with Crippen LogP contribution in [0.15, 0.2) is 77.3 Å². The molecule has 4 heteroatoms. The van der Waals surface area contributed by atoms with E-state index in [9.17, 15) is 4.79 Å². The van der Waals surface area contributed by atoms with Gasteiger partial charge >= 0.3 is 6.09 Å². The lowest BCUT2D eigenvalue weighted by Crippen LogP contribution is -2.26. The summed E-state index contributed by atoms with van der Waals surface area (Å²) < 4.78 is 6.49. The molecule has 0 bridgehead atoms. The number of nitrogens with one attached hydrogen (secondary N) is 1. The van der Waals surface area contributed by atoms with Crippen molar-refractivity contribution in [2.75, 3.05) is 13.2 Å². The van der Waals surface area contributed by atoms with Crippen molar-refractivity contribution in [2.24, 2.45) is 0 Å². The largest absolute Gasteiger partial charge is 0.449 e. The lowest BCUT2D eigenvalue weighted by atomic mass is 9.98. The maximum Gasteiger partial charge on any atom is 0.407 e. The van der Waals surface area contributed by atoms with Crippen LogP contribution in [0, 0.1) is 11.8 Å². The first-order valence-electron chi connectivity index (χ1n) is 9.56. The minimum atomic E-state index is -0.408. The predicted octanol–water partition coefficient (Wildman–Crippen LogP) is 5.73. The number of alkyl carbamates (subject to hydrolysis) is 1. The highest BCUT2D eigenvalue weighted by Crippen LogP contribution is 2.44. The van der Waals surface area contributed by atoms with Crippen molar-refractivity contribution in [1.82, 2.24) is 5.32 Å². The van der Waals surface area contributed by atoms with E-state index in [0.717, 1.165) is 10.0 Å². The molecule has 0 saturated heterocycles. The highest BCUT2D eigenvalue weighted by Gasteiger charge is 2.28. The summed E-state index contributed by atoms with van der Waals surface area (Å²) in [7, 11) is 0. The molecular weight excluding hydrogens is 426 g/mol. The topological polar surface area (TPSA) is 38.3 Å². The molecular formula is C25H20BrNO2. The SMILES string of the molecule is O=C(NCCC#Cc1ccccc1Br)OCC1c2ccccc2-c2ccccc21. The van der Waals surface area contributed by atoms with E-state index in [4.69, 9.17) is 4.74 Å². The Kier molecular flexibility index (Phi) is 5.97. The minimum Gasteiger partial charge on any atom is -0.449 e. The lowest BCUT2D eigenvalue weighted by Gasteiger charge is -2.14. The molecule has 1 N–H and O–H groups in total. The zero-order chi connectivity index (χ0) is 20.1. The van der Waals surface area contributed by atoms with Gasteiger partial charge in [-0.25, -0.2) is 4.79 Å². The third kappa shape index (κ3) is 4.36. The van der Waals surface area contributed by atoms with Gasteiger partial charge in [-0.15, -0.1) is 0 Å². The summed E-state index contributed by atoms with van der Waals surface area (Å²) in [5, 5.41) is 2.78. The van der Waals surface area contributed by atoms with Crippen LogP contribution in [-0.2, 0) is 4.74 Å². The predicted molar refractivity (Wildman–Crippen MR) is 119 cm³/mol. The zero-order valence-corrected chi connectivity index (χ0v) is 17.4. The normalized spacial score (nSPS) is 11.8. The number of carbonyl (C=O) groups is 1. The van der Waals surface area contributed by atoms with Crippen LogP contribution in [0.1, 0.15) is 29.0 Å². The maximum atomic E-state index is 12.1. The van der Waals surface area contributed by atoms with E-state index < -0.39 is 6.09 Å². The number of halogens is 1. The van der Waals surface area contributed by atoms with Gasteiger partial charge in [-0.05, 0) is 50.3 Å². The summed E-state index contributed by atoms with van der Waals surface area (Å²) in [4.78, 5) is 12.1. The van der Waals surface area contributed by atoms with Gasteiger partial charge < -0.3 is 10.1 Å². The number of fused-ring (bicyclic) bond motifs is 3. The molecule has 3 nitrogen and oxygen atoms in total. The molecule has 144 valence electrons. The van der Waals surface area contributed by atoms with Gasteiger partial charge in [0.25, 0.3) is 0 Å². The number of hydrogen-bond acceptors (Lipinski definition) is 2. The fourth-order valence-electron chi connectivity index (χ4n) is 3.60. The average molecular weight is 446 g/mol. The van der Waals surface area contributed by atoms with Crippen molar-refractivity contribution in [3.05, 3.63) is 94.0 Å². The van der Waals surface area contributed by atoms with Crippen molar-refractivity contribution in [3.63, 3.8) is 0 Å². The second-order valence-corrected chi connectivity index (χ2v) is 7.64. The number of carbonyl (C=O) groups excluding carboxylic acids is 1. The fourth-order valence-corrected chi connectivity index (χ4v) is 3.98. The number of amides is 1. The molecule has 0 heterocycles. The number of benzene rings is 3. The Hall–Kier alpha value is -3.03. The molecule has 0 fully saturated rings. The first-order valence-corrected chi connectivity index (χ1v) is 10.4. The van der Waals surface area contributed by atoms with E-state index in [1.165, 1.54) is 22.3 Å². The summed E-state index contributed by atoms with van der Waals surface area (Å²) in [6, 6.07) is 24.4. The molecule has 0 spiro atoms. The molecule has 1 amide bonds. The first kappa shape index (κ1) is 19.3. The number of hydrogen-bond donors (Lipinski definition) is 1. The Bertz CT molecular complexity index is 1050. The van der Waals surface area contributed by atoms with Gasteiger partial charge in [-0.1, -0.05) is 72.5 Å². The van der Waals surface area contributed by atoms with E-state index in [0.29, 0.717) is 19.6 Å². The molecule has 1 aliphatic carbocycles. The third-order valence-corrected chi connectivity index (χ3v) is 5.65. The fraction of sp³-hybridized carbons (Fsp3) is 0.160. The molecule has 0 radical (unpaired) electrons. The van der Waals surface area contributed by atoms with E-state index >= 15 is 0 Å². The summed E-state index contributed by atoms with van der Waals surface area (Å²) in [6.07, 6.45) is 0.153.